The first-order valence-electron chi connectivity index (χ1n) is 46.0. The van der Waals surface area contributed by atoms with Gasteiger partial charge in [-0.15, -0.1) is 0 Å². The van der Waals surface area contributed by atoms with Gasteiger partial charge in [-0.1, -0.05) is 388 Å². The topological polar surface area (TPSA) is 97.1 Å². The fraction of sp³-hybridized carbons (Fsp3) is 0. The van der Waals surface area contributed by atoms with E-state index in [-0.39, 0.29) is 0 Å². The molecule has 636 valence electrons. The zero-order valence-corrected chi connectivity index (χ0v) is 73.8. The molecule has 0 saturated heterocycles. The van der Waals surface area contributed by atoms with Crippen LogP contribution in [0.5, 0.6) is 0 Å². The summed E-state index contributed by atoms with van der Waals surface area (Å²) in [5, 5.41) is 9.36. The van der Waals surface area contributed by atoms with Crippen molar-refractivity contribution in [2.45, 2.75) is 0 Å². The molecule has 0 atom stereocenters. The molecular formula is C126H82N10. The molecule has 0 radical (unpaired) electrons. The van der Waals surface area contributed by atoms with E-state index >= 15 is 0 Å². The number of fused-ring (bicyclic) bond motifs is 12. The number of pyridine rings is 2. The lowest BCUT2D eigenvalue weighted by atomic mass is 9.98. The summed E-state index contributed by atoms with van der Waals surface area (Å²) in [5.41, 5.74) is 34.3. The van der Waals surface area contributed by atoms with Crippen molar-refractivity contribution < 1.29 is 0 Å². The molecule has 0 unspecified atom stereocenters. The number of hydrogen-bond acceptors (Lipinski definition) is 6. The third kappa shape index (κ3) is 14.7. The van der Waals surface area contributed by atoms with Gasteiger partial charge in [0.15, 0.2) is 0 Å². The molecule has 0 spiro atoms. The summed E-state index contributed by atoms with van der Waals surface area (Å²) >= 11 is 0. The van der Waals surface area contributed by atoms with Crippen molar-refractivity contribution in [2.75, 3.05) is 0 Å². The average Bonchev–Trinajstić information content (AvgIpc) is 1.60. The van der Waals surface area contributed by atoms with Gasteiger partial charge < -0.3 is 0 Å². The zero-order chi connectivity index (χ0) is 89.9. The van der Waals surface area contributed by atoms with Gasteiger partial charge in [0, 0.05) is 76.5 Å². The first kappa shape index (κ1) is 79.8. The maximum atomic E-state index is 5.33. The molecule has 0 fully saturated rings. The molecule has 8 aromatic heterocycles. The highest BCUT2D eigenvalue weighted by Crippen LogP contribution is 2.44. The summed E-state index contributed by atoms with van der Waals surface area (Å²) in [6.07, 6.45) is 0. The van der Waals surface area contributed by atoms with Crippen LogP contribution in [0.25, 0.3) is 245 Å². The minimum atomic E-state index is 0.638. The Morgan fingerprint density at radius 3 is 0.544 bits per heavy atom. The van der Waals surface area contributed by atoms with E-state index in [4.69, 9.17) is 29.9 Å². The van der Waals surface area contributed by atoms with E-state index in [1.807, 2.05) is 24.3 Å². The normalized spacial score (nSPS) is 11.5. The van der Waals surface area contributed by atoms with Crippen LogP contribution in [0.2, 0.25) is 0 Å². The maximum Gasteiger partial charge on any atom is 0.235 e. The van der Waals surface area contributed by atoms with Gasteiger partial charge in [-0.05, 0) is 176 Å². The Kier molecular flexibility index (Phi) is 20.0. The average molecular weight is 1740 g/mol. The lowest BCUT2D eigenvalue weighted by Crippen LogP contribution is -2.04. The van der Waals surface area contributed by atoms with Crippen LogP contribution in [0.4, 0.5) is 0 Å². The Bertz CT molecular complexity index is 7750. The number of aromatic nitrogens is 10. The van der Waals surface area contributed by atoms with Crippen LogP contribution in [0.3, 0.4) is 0 Å². The Morgan fingerprint density at radius 1 is 0.110 bits per heavy atom. The van der Waals surface area contributed by atoms with E-state index in [2.05, 4.69) is 491 Å². The van der Waals surface area contributed by atoms with Crippen molar-refractivity contribution in [1.29, 1.82) is 0 Å². The van der Waals surface area contributed by atoms with Crippen LogP contribution in [0.15, 0.2) is 497 Å². The fourth-order valence-electron chi connectivity index (χ4n) is 19.7. The third-order valence-electron chi connectivity index (χ3n) is 26.3. The number of rotatable bonds is 16. The largest absolute Gasteiger partial charge is 0.294 e. The molecule has 0 amide bonds. The molecule has 0 aliphatic rings. The lowest BCUT2D eigenvalue weighted by molar-refractivity contribution is 0.995. The predicted octanol–water partition coefficient (Wildman–Crippen LogP) is 32.1. The van der Waals surface area contributed by atoms with Crippen molar-refractivity contribution >= 4 is 87.2 Å². The van der Waals surface area contributed by atoms with Crippen LogP contribution in [-0.2, 0) is 0 Å². The van der Waals surface area contributed by atoms with E-state index in [1.165, 1.54) is 43.8 Å². The predicted molar refractivity (Wildman–Crippen MR) is 562 cm³/mol. The van der Waals surface area contributed by atoms with Gasteiger partial charge in [0.05, 0.1) is 78.3 Å². The first-order chi connectivity index (χ1) is 67.4. The van der Waals surface area contributed by atoms with Gasteiger partial charge in [0.1, 0.15) is 11.6 Å². The molecule has 0 N–H and O–H groups in total. The summed E-state index contributed by atoms with van der Waals surface area (Å²) in [6.45, 7) is 0. The number of nitrogens with zero attached hydrogens (tertiary/aromatic N) is 10. The van der Waals surface area contributed by atoms with Crippen molar-refractivity contribution in [1.82, 2.24) is 48.2 Å². The summed E-state index contributed by atoms with van der Waals surface area (Å²) in [7, 11) is 0. The van der Waals surface area contributed by atoms with Gasteiger partial charge >= 0.3 is 0 Å². The van der Waals surface area contributed by atoms with E-state index in [0.29, 0.717) is 11.9 Å². The van der Waals surface area contributed by atoms with Crippen molar-refractivity contribution in [2.24, 2.45) is 0 Å². The van der Waals surface area contributed by atoms with E-state index in [0.717, 1.165) is 189 Å². The molecule has 10 heteroatoms. The monoisotopic (exact) mass is 1730 g/mol. The molecule has 10 nitrogen and oxygen atoms in total. The summed E-state index contributed by atoms with van der Waals surface area (Å²) in [5.74, 6) is 3.06. The second-order valence-electron chi connectivity index (χ2n) is 34.5. The minimum absolute atomic E-state index is 0.638. The van der Waals surface area contributed by atoms with Gasteiger partial charge in [0.25, 0.3) is 0 Å². The number of para-hydroxylation sites is 4. The molecule has 0 bridgehead atoms. The fourth-order valence-corrected chi connectivity index (χ4v) is 19.7. The summed E-state index contributed by atoms with van der Waals surface area (Å²) < 4.78 is 9.05. The molecule has 18 aromatic carbocycles. The molecular weight excluding hydrogens is 1650 g/mol. The Morgan fingerprint density at radius 2 is 0.294 bits per heavy atom. The Labute approximate surface area is 785 Å². The van der Waals surface area contributed by atoms with Crippen molar-refractivity contribution in [3.8, 4) is 158 Å². The molecule has 136 heavy (non-hydrogen) atoms. The quantitative estimate of drug-likeness (QED) is 0.0956. The SMILES string of the molecule is c1ccc(-c2cc(-c3ccccc3)nc(-n3c4ccccc4c4cc(-c5ccc(-c6ccc7c(c6)c6ccccc6n7-c6cc(-c7ccccc7)cc(-c7ccccc7)n6)cc5)ccc43)c2)cc1.c1ccc(-c2cc(-c3ccccc3)nc(-n3c4ccccc4c4cc(-c5ccc(-c6ccc7c(c6)c6ccccc6n7-c6nc(-c7ccccc7)cc(-c7ccccc7)n6)cc5)ccc43)n2)cc1. The maximum absolute atomic E-state index is 5.33. The van der Waals surface area contributed by atoms with Crippen molar-refractivity contribution in [3.05, 3.63) is 497 Å². The van der Waals surface area contributed by atoms with Crippen LogP contribution in [0, 0.1) is 0 Å². The minimum Gasteiger partial charge on any atom is -0.294 e. The van der Waals surface area contributed by atoms with Gasteiger partial charge in [-0.3, -0.25) is 18.3 Å². The van der Waals surface area contributed by atoms with Crippen LogP contribution in [0.1, 0.15) is 0 Å². The highest BCUT2D eigenvalue weighted by molar-refractivity contribution is 6.14. The van der Waals surface area contributed by atoms with Crippen LogP contribution in [-0.4, -0.2) is 48.2 Å². The highest BCUT2D eigenvalue weighted by atomic mass is 15.2. The molecule has 8 heterocycles. The molecule has 0 saturated carbocycles. The van der Waals surface area contributed by atoms with E-state index in [1.54, 1.807) is 0 Å². The smallest absolute Gasteiger partial charge is 0.235 e. The molecule has 26 aromatic rings. The number of hydrogen-bond donors (Lipinski definition) is 0. The first-order valence-corrected chi connectivity index (χ1v) is 46.0. The Hall–Kier alpha value is -18.4. The van der Waals surface area contributed by atoms with Crippen LogP contribution >= 0.6 is 0 Å². The zero-order valence-electron chi connectivity index (χ0n) is 73.8. The van der Waals surface area contributed by atoms with E-state index < -0.39 is 0 Å². The van der Waals surface area contributed by atoms with Gasteiger partial charge in [-0.25, -0.2) is 29.9 Å². The summed E-state index contributed by atoms with van der Waals surface area (Å²) in [4.78, 5) is 31.5. The van der Waals surface area contributed by atoms with Gasteiger partial charge in [-0.2, -0.15) is 0 Å². The lowest BCUT2D eigenvalue weighted by Gasteiger charge is -2.13. The highest BCUT2D eigenvalue weighted by Gasteiger charge is 2.25. The van der Waals surface area contributed by atoms with E-state index in [9.17, 15) is 0 Å². The van der Waals surface area contributed by atoms with Crippen LogP contribution < -0.4 is 0 Å². The molecule has 0 aliphatic heterocycles. The molecule has 26 rings (SSSR count). The summed E-state index contributed by atoms with van der Waals surface area (Å²) in [6, 6.07) is 176. The van der Waals surface area contributed by atoms with Gasteiger partial charge in [0.2, 0.25) is 11.9 Å². The standard InChI is InChI=1S/C64H42N4.C62H40N6/c1-5-17-43(18-6-1)51-39-57(47-21-9-3-10-22-47)65-63(41-51)67-59-27-15-13-25-53(59)55-37-49(33-35-61(55)67)45-29-31-46(32-30-45)50-34-36-62-56(38-50)54-26-14-16-28-60(54)68(62)64-42-52(44-19-7-2-8-20-44)40-58(66-64)48-23-11-4-12-24-48;1-5-17-43(18-6-1)53-39-54(44-19-7-2-8-20-44)64-61(63-53)67-57-27-15-13-25-49(57)51-37-47(33-35-59(51)67)41-29-31-42(32-30-41)48-34-36-60-52(38-48)50-26-14-16-28-58(50)68(60)62-65-55(45-21-9-3-10-22-45)40-56(66-62)46-23-11-4-12-24-46/h1-42H;1-40H. The van der Waals surface area contributed by atoms with Crippen molar-refractivity contribution in [3.63, 3.8) is 0 Å². The Balaban J connectivity index is 0.000000145. The second-order valence-corrected chi connectivity index (χ2v) is 34.5. The second kappa shape index (κ2) is 34.2. The number of benzene rings is 18. The third-order valence-corrected chi connectivity index (χ3v) is 26.3. The molecule has 0 aliphatic carbocycles.